The van der Waals surface area contributed by atoms with Crippen LogP contribution in [0.15, 0.2) is 0 Å². The van der Waals surface area contributed by atoms with Crippen molar-refractivity contribution >= 4 is 11.9 Å². The van der Waals surface area contributed by atoms with E-state index in [9.17, 15) is 9.59 Å². The normalized spacial score (nSPS) is 18.1. The summed E-state index contributed by atoms with van der Waals surface area (Å²) in [6, 6.07) is 2.12. The molecule has 0 aromatic carbocycles. The maximum absolute atomic E-state index is 12.0. The van der Waals surface area contributed by atoms with Gasteiger partial charge in [0.15, 0.2) is 0 Å². The van der Waals surface area contributed by atoms with Gasteiger partial charge in [0, 0.05) is 6.54 Å². The molecule has 1 saturated carbocycles. The summed E-state index contributed by atoms with van der Waals surface area (Å²) in [6.07, 6.45) is 3.38. The minimum atomic E-state index is -0.882. The molecule has 100 valence electrons. The number of hydrogen-bond donors (Lipinski definition) is 2. The van der Waals surface area contributed by atoms with Gasteiger partial charge in [0.25, 0.3) is 0 Å². The first-order chi connectivity index (χ1) is 8.34. The maximum atomic E-state index is 12.0. The molecule has 0 heterocycles. The summed E-state index contributed by atoms with van der Waals surface area (Å²) >= 11 is 0. The lowest BCUT2D eigenvalue weighted by Gasteiger charge is -2.22. The lowest BCUT2D eigenvalue weighted by molar-refractivity contribution is -0.147. The second-order valence-corrected chi connectivity index (χ2v) is 5.60. The van der Waals surface area contributed by atoms with Crippen LogP contribution in [0.4, 0.5) is 0 Å². The second kappa shape index (κ2) is 5.38. The van der Waals surface area contributed by atoms with Gasteiger partial charge in [-0.3, -0.25) is 9.59 Å². The molecule has 5 nitrogen and oxygen atoms in total. The first-order valence-corrected chi connectivity index (χ1v) is 6.27. The number of rotatable bonds is 5. The van der Waals surface area contributed by atoms with Crippen LogP contribution in [-0.4, -0.2) is 23.5 Å². The van der Waals surface area contributed by atoms with E-state index in [-0.39, 0.29) is 5.91 Å². The van der Waals surface area contributed by atoms with Crippen molar-refractivity contribution in [3.05, 3.63) is 0 Å². The quantitative estimate of drug-likeness (QED) is 0.779. The zero-order valence-electron chi connectivity index (χ0n) is 11.0. The van der Waals surface area contributed by atoms with Crippen LogP contribution in [0.3, 0.4) is 0 Å². The van der Waals surface area contributed by atoms with Gasteiger partial charge in [-0.2, -0.15) is 5.26 Å². The summed E-state index contributed by atoms with van der Waals surface area (Å²) in [4.78, 5) is 22.9. The largest absolute Gasteiger partial charge is 0.481 e. The summed E-state index contributed by atoms with van der Waals surface area (Å²) in [5.74, 6) is -1.13. The van der Waals surface area contributed by atoms with Gasteiger partial charge in [-0.05, 0) is 33.1 Å². The van der Waals surface area contributed by atoms with Gasteiger partial charge in [-0.1, -0.05) is 12.8 Å². The van der Waals surface area contributed by atoms with Gasteiger partial charge in [0.1, 0.15) is 5.41 Å². The maximum Gasteiger partial charge on any atom is 0.309 e. The topological polar surface area (TPSA) is 90.2 Å². The van der Waals surface area contributed by atoms with Crippen LogP contribution in [0.1, 0.15) is 46.0 Å². The molecular formula is C13H20N2O3. The number of carbonyl (C=O) groups excluding carboxylic acids is 1. The second-order valence-electron chi connectivity index (χ2n) is 5.60. The number of aliphatic carboxylic acids is 1. The molecule has 0 aromatic rings. The minimum absolute atomic E-state index is 0.247. The van der Waals surface area contributed by atoms with E-state index in [2.05, 4.69) is 11.4 Å². The number of amides is 1. The van der Waals surface area contributed by atoms with Crippen molar-refractivity contribution in [2.75, 3.05) is 6.54 Å². The highest BCUT2D eigenvalue weighted by atomic mass is 16.4. The highest BCUT2D eigenvalue weighted by Gasteiger charge is 2.41. The molecule has 1 aliphatic carbocycles. The minimum Gasteiger partial charge on any atom is -0.481 e. The third-order valence-corrected chi connectivity index (χ3v) is 3.72. The van der Waals surface area contributed by atoms with Crippen molar-refractivity contribution in [3.63, 3.8) is 0 Å². The Labute approximate surface area is 107 Å². The Morgan fingerprint density at radius 1 is 1.39 bits per heavy atom. The van der Waals surface area contributed by atoms with Crippen molar-refractivity contribution in [1.29, 1.82) is 5.26 Å². The number of nitrogens with zero attached hydrogens (tertiary/aromatic N) is 1. The van der Waals surface area contributed by atoms with Crippen LogP contribution in [-0.2, 0) is 9.59 Å². The van der Waals surface area contributed by atoms with Gasteiger partial charge < -0.3 is 10.4 Å². The zero-order chi connectivity index (χ0) is 13.8. The highest BCUT2D eigenvalue weighted by molar-refractivity contribution is 5.85. The van der Waals surface area contributed by atoms with Crippen LogP contribution in [0, 0.1) is 22.2 Å². The van der Waals surface area contributed by atoms with Crippen molar-refractivity contribution in [3.8, 4) is 6.07 Å². The van der Waals surface area contributed by atoms with Crippen molar-refractivity contribution in [2.24, 2.45) is 10.8 Å². The third kappa shape index (κ3) is 3.00. The molecule has 0 radical (unpaired) electrons. The van der Waals surface area contributed by atoms with Crippen molar-refractivity contribution in [2.45, 2.75) is 46.0 Å². The predicted molar refractivity (Wildman–Crippen MR) is 65.6 cm³/mol. The zero-order valence-corrected chi connectivity index (χ0v) is 11.0. The van der Waals surface area contributed by atoms with E-state index in [0.29, 0.717) is 25.8 Å². The SMILES string of the molecule is CC(C)(CCNC(=O)C1(C#N)CCCC1)C(=O)O. The Balaban J connectivity index is 2.47. The average molecular weight is 252 g/mol. The summed E-state index contributed by atoms with van der Waals surface area (Å²) in [6.45, 7) is 3.54. The molecule has 0 aliphatic heterocycles. The average Bonchev–Trinajstić information content (AvgIpc) is 2.78. The smallest absolute Gasteiger partial charge is 0.309 e. The fraction of sp³-hybridized carbons (Fsp3) is 0.769. The number of nitrogens with one attached hydrogen (secondary N) is 1. The molecule has 1 rings (SSSR count). The molecule has 1 aliphatic rings. The first-order valence-electron chi connectivity index (χ1n) is 6.27. The number of hydrogen-bond acceptors (Lipinski definition) is 3. The van der Waals surface area contributed by atoms with Crippen LogP contribution in [0.25, 0.3) is 0 Å². The Kier molecular flexibility index (Phi) is 4.33. The van der Waals surface area contributed by atoms with Crippen molar-refractivity contribution in [1.82, 2.24) is 5.32 Å². The first kappa shape index (κ1) is 14.5. The van der Waals surface area contributed by atoms with Gasteiger partial charge in [-0.25, -0.2) is 0 Å². The molecule has 0 atom stereocenters. The van der Waals surface area contributed by atoms with Crippen LogP contribution in [0.5, 0.6) is 0 Å². The summed E-state index contributed by atoms with van der Waals surface area (Å²) < 4.78 is 0. The molecular weight excluding hydrogens is 232 g/mol. The highest BCUT2D eigenvalue weighted by Crippen LogP contribution is 2.37. The Hall–Kier alpha value is -1.57. The fourth-order valence-electron chi connectivity index (χ4n) is 2.13. The number of carbonyl (C=O) groups is 2. The molecule has 5 heteroatoms. The van der Waals surface area contributed by atoms with E-state index in [1.54, 1.807) is 13.8 Å². The van der Waals surface area contributed by atoms with E-state index < -0.39 is 16.8 Å². The van der Waals surface area contributed by atoms with Crippen LogP contribution < -0.4 is 5.32 Å². The Morgan fingerprint density at radius 3 is 2.39 bits per heavy atom. The molecule has 1 amide bonds. The standard InChI is InChI=1S/C13H20N2O3/c1-12(2,11(17)18)7-8-15-10(16)13(9-14)5-3-4-6-13/h3-8H2,1-2H3,(H,15,16)(H,17,18). The molecule has 1 fully saturated rings. The van der Waals surface area contributed by atoms with Gasteiger partial charge >= 0.3 is 5.97 Å². The number of carboxylic acid groups (broad SMARTS) is 1. The molecule has 0 saturated heterocycles. The van der Waals surface area contributed by atoms with E-state index >= 15 is 0 Å². The fourth-order valence-corrected chi connectivity index (χ4v) is 2.13. The van der Waals surface area contributed by atoms with E-state index in [0.717, 1.165) is 12.8 Å². The molecule has 0 aromatic heterocycles. The predicted octanol–water partition coefficient (Wildman–Crippen LogP) is 1.69. The number of carboxylic acids is 1. The Bertz CT molecular complexity index is 376. The Morgan fingerprint density at radius 2 is 1.94 bits per heavy atom. The molecule has 0 unspecified atom stereocenters. The molecule has 18 heavy (non-hydrogen) atoms. The van der Waals surface area contributed by atoms with E-state index in [1.807, 2.05) is 0 Å². The van der Waals surface area contributed by atoms with E-state index in [4.69, 9.17) is 10.4 Å². The van der Waals surface area contributed by atoms with Gasteiger partial charge in [-0.15, -0.1) is 0 Å². The molecule has 2 N–H and O–H groups in total. The summed E-state index contributed by atoms with van der Waals surface area (Å²) in [5, 5.41) is 20.8. The van der Waals surface area contributed by atoms with Crippen LogP contribution in [0.2, 0.25) is 0 Å². The van der Waals surface area contributed by atoms with Gasteiger partial charge in [0.05, 0.1) is 11.5 Å². The number of nitriles is 1. The van der Waals surface area contributed by atoms with E-state index in [1.165, 1.54) is 0 Å². The monoisotopic (exact) mass is 252 g/mol. The van der Waals surface area contributed by atoms with Crippen LogP contribution >= 0.6 is 0 Å². The third-order valence-electron chi connectivity index (χ3n) is 3.72. The lowest BCUT2D eigenvalue weighted by Crippen LogP contribution is -2.40. The summed E-state index contributed by atoms with van der Waals surface area (Å²) in [5.41, 5.74) is -1.74. The lowest BCUT2D eigenvalue weighted by atomic mass is 9.86. The van der Waals surface area contributed by atoms with Gasteiger partial charge in [0.2, 0.25) is 5.91 Å². The summed E-state index contributed by atoms with van der Waals surface area (Å²) in [7, 11) is 0. The van der Waals surface area contributed by atoms with Crippen molar-refractivity contribution < 1.29 is 14.7 Å². The molecule has 0 bridgehead atoms. The molecule has 0 spiro atoms.